The standard InChI is InChI=1S/C14H18N2O3/c1-9-3-4-10(11(17)7-9)12(18)16-6-5-14(2,8-16)13(15)19/h3-4,7,17H,5-6,8H2,1-2H3,(H2,15,19). The van der Waals surface area contributed by atoms with Gasteiger partial charge in [-0.3, -0.25) is 9.59 Å². The summed E-state index contributed by atoms with van der Waals surface area (Å²) in [6, 6.07) is 4.93. The molecule has 0 aromatic heterocycles. The normalized spacial score (nSPS) is 22.5. The fourth-order valence-electron chi connectivity index (χ4n) is 2.33. The quantitative estimate of drug-likeness (QED) is 0.835. The van der Waals surface area contributed by atoms with Gasteiger partial charge in [-0.25, -0.2) is 0 Å². The molecular formula is C14H18N2O3. The molecule has 1 atom stereocenters. The summed E-state index contributed by atoms with van der Waals surface area (Å²) < 4.78 is 0. The van der Waals surface area contributed by atoms with E-state index in [1.54, 1.807) is 30.0 Å². The number of likely N-dealkylation sites (tertiary alicyclic amines) is 1. The Labute approximate surface area is 112 Å². The Bertz CT molecular complexity index is 541. The first-order valence-corrected chi connectivity index (χ1v) is 6.22. The largest absolute Gasteiger partial charge is 0.507 e. The van der Waals surface area contributed by atoms with Crippen molar-refractivity contribution in [3.63, 3.8) is 0 Å². The lowest BCUT2D eigenvalue weighted by atomic mass is 9.89. The fraction of sp³-hybridized carbons (Fsp3) is 0.429. The summed E-state index contributed by atoms with van der Waals surface area (Å²) in [5.41, 5.74) is 5.84. The minimum Gasteiger partial charge on any atom is -0.507 e. The molecule has 3 N–H and O–H groups in total. The van der Waals surface area contributed by atoms with E-state index in [2.05, 4.69) is 0 Å². The molecule has 5 heteroatoms. The number of carbonyl (C=O) groups is 2. The van der Waals surface area contributed by atoms with Gasteiger partial charge < -0.3 is 15.7 Å². The van der Waals surface area contributed by atoms with Crippen LogP contribution in [0.25, 0.3) is 0 Å². The second-order valence-electron chi connectivity index (χ2n) is 5.42. The molecule has 19 heavy (non-hydrogen) atoms. The van der Waals surface area contributed by atoms with Crippen LogP contribution in [-0.4, -0.2) is 34.9 Å². The van der Waals surface area contributed by atoms with Gasteiger partial charge in [0.15, 0.2) is 0 Å². The number of aromatic hydroxyl groups is 1. The molecule has 5 nitrogen and oxygen atoms in total. The van der Waals surface area contributed by atoms with Crippen LogP contribution in [0.1, 0.15) is 29.3 Å². The van der Waals surface area contributed by atoms with Gasteiger partial charge in [0.05, 0.1) is 11.0 Å². The van der Waals surface area contributed by atoms with Gasteiger partial charge in [0, 0.05) is 13.1 Å². The second-order valence-corrected chi connectivity index (χ2v) is 5.42. The SMILES string of the molecule is Cc1ccc(C(=O)N2CCC(C)(C(N)=O)C2)c(O)c1. The molecule has 1 aliphatic heterocycles. The van der Waals surface area contributed by atoms with Crippen molar-refractivity contribution < 1.29 is 14.7 Å². The van der Waals surface area contributed by atoms with Crippen molar-refractivity contribution in [2.45, 2.75) is 20.3 Å². The number of carbonyl (C=O) groups excluding carboxylic acids is 2. The third kappa shape index (κ3) is 2.41. The summed E-state index contributed by atoms with van der Waals surface area (Å²) in [4.78, 5) is 25.2. The van der Waals surface area contributed by atoms with Crippen LogP contribution >= 0.6 is 0 Å². The van der Waals surface area contributed by atoms with Crippen LogP contribution in [0.15, 0.2) is 18.2 Å². The number of amides is 2. The Kier molecular flexibility index (Phi) is 3.22. The third-order valence-electron chi connectivity index (χ3n) is 3.74. The Morgan fingerprint density at radius 1 is 1.42 bits per heavy atom. The van der Waals surface area contributed by atoms with Gasteiger partial charge in [0.1, 0.15) is 5.75 Å². The molecule has 1 aromatic carbocycles. The van der Waals surface area contributed by atoms with Crippen molar-refractivity contribution in [2.24, 2.45) is 11.1 Å². The van der Waals surface area contributed by atoms with Crippen LogP contribution in [0, 0.1) is 12.3 Å². The zero-order valence-corrected chi connectivity index (χ0v) is 11.1. The number of rotatable bonds is 2. The number of nitrogens with zero attached hydrogens (tertiary/aromatic N) is 1. The first-order valence-electron chi connectivity index (χ1n) is 6.22. The average Bonchev–Trinajstić information content (AvgIpc) is 2.73. The van der Waals surface area contributed by atoms with E-state index in [0.717, 1.165) is 5.56 Å². The lowest BCUT2D eigenvalue weighted by molar-refractivity contribution is -0.126. The molecule has 0 spiro atoms. The van der Waals surface area contributed by atoms with E-state index in [0.29, 0.717) is 19.5 Å². The predicted molar refractivity (Wildman–Crippen MR) is 70.7 cm³/mol. The van der Waals surface area contributed by atoms with E-state index >= 15 is 0 Å². The first kappa shape index (κ1) is 13.4. The van der Waals surface area contributed by atoms with E-state index in [4.69, 9.17) is 5.73 Å². The summed E-state index contributed by atoms with van der Waals surface area (Å²) in [5, 5.41) is 9.82. The van der Waals surface area contributed by atoms with Crippen molar-refractivity contribution in [1.82, 2.24) is 4.90 Å². The van der Waals surface area contributed by atoms with Crippen molar-refractivity contribution in [3.05, 3.63) is 29.3 Å². The highest BCUT2D eigenvalue weighted by molar-refractivity contribution is 5.97. The van der Waals surface area contributed by atoms with Crippen LogP contribution in [0.3, 0.4) is 0 Å². The average molecular weight is 262 g/mol. The Morgan fingerprint density at radius 2 is 2.11 bits per heavy atom. The van der Waals surface area contributed by atoms with E-state index in [1.165, 1.54) is 0 Å². The van der Waals surface area contributed by atoms with Crippen LogP contribution in [0.5, 0.6) is 5.75 Å². The summed E-state index contributed by atoms with van der Waals surface area (Å²) in [5.74, 6) is -0.684. The highest BCUT2D eigenvalue weighted by atomic mass is 16.3. The maximum Gasteiger partial charge on any atom is 0.257 e. The molecule has 1 unspecified atom stereocenters. The molecule has 1 heterocycles. The van der Waals surface area contributed by atoms with Crippen molar-refractivity contribution in [2.75, 3.05) is 13.1 Å². The number of hydrogen-bond donors (Lipinski definition) is 2. The molecule has 0 bridgehead atoms. The smallest absolute Gasteiger partial charge is 0.257 e. The molecule has 1 fully saturated rings. The highest BCUT2D eigenvalue weighted by Gasteiger charge is 2.41. The Morgan fingerprint density at radius 3 is 2.63 bits per heavy atom. The zero-order chi connectivity index (χ0) is 14.2. The molecule has 102 valence electrons. The summed E-state index contributed by atoms with van der Waals surface area (Å²) in [7, 11) is 0. The highest BCUT2D eigenvalue weighted by Crippen LogP contribution is 2.31. The van der Waals surface area contributed by atoms with Gasteiger partial charge in [-0.2, -0.15) is 0 Å². The molecule has 1 aliphatic rings. The molecule has 2 rings (SSSR count). The van der Waals surface area contributed by atoms with E-state index in [-0.39, 0.29) is 17.2 Å². The number of phenolic OH excluding ortho intramolecular Hbond substituents is 1. The first-order chi connectivity index (χ1) is 8.83. The van der Waals surface area contributed by atoms with Gasteiger partial charge in [-0.15, -0.1) is 0 Å². The molecule has 1 aromatic rings. The van der Waals surface area contributed by atoms with Gasteiger partial charge in [0.25, 0.3) is 5.91 Å². The molecular weight excluding hydrogens is 244 g/mol. The van der Waals surface area contributed by atoms with E-state index < -0.39 is 11.3 Å². The number of benzene rings is 1. The minimum absolute atomic E-state index is 0.0299. The van der Waals surface area contributed by atoms with Crippen LogP contribution in [0.2, 0.25) is 0 Å². The van der Waals surface area contributed by atoms with Crippen LogP contribution in [0.4, 0.5) is 0 Å². The molecule has 0 saturated carbocycles. The van der Waals surface area contributed by atoms with E-state index in [9.17, 15) is 14.7 Å². The maximum absolute atomic E-state index is 12.3. The van der Waals surface area contributed by atoms with Gasteiger partial charge in [0.2, 0.25) is 5.91 Å². The predicted octanol–water partition coefficient (Wildman–Crippen LogP) is 1.04. The monoisotopic (exact) mass is 262 g/mol. The van der Waals surface area contributed by atoms with Gasteiger partial charge >= 0.3 is 0 Å². The fourth-order valence-corrected chi connectivity index (χ4v) is 2.33. The number of aryl methyl sites for hydroxylation is 1. The maximum atomic E-state index is 12.3. The second kappa shape index (κ2) is 4.57. The van der Waals surface area contributed by atoms with Crippen molar-refractivity contribution in [3.8, 4) is 5.75 Å². The van der Waals surface area contributed by atoms with Crippen molar-refractivity contribution >= 4 is 11.8 Å². The third-order valence-corrected chi connectivity index (χ3v) is 3.74. The van der Waals surface area contributed by atoms with Crippen LogP contribution in [-0.2, 0) is 4.79 Å². The Hall–Kier alpha value is -2.04. The topological polar surface area (TPSA) is 83.6 Å². The lowest BCUT2D eigenvalue weighted by Crippen LogP contribution is -2.38. The van der Waals surface area contributed by atoms with Gasteiger partial charge in [-0.1, -0.05) is 6.07 Å². The van der Waals surface area contributed by atoms with E-state index in [1.807, 2.05) is 6.92 Å². The number of primary amides is 1. The van der Waals surface area contributed by atoms with Gasteiger partial charge in [-0.05, 0) is 38.0 Å². The molecule has 2 amide bonds. The molecule has 0 aliphatic carbocycles. The lowest BCUT2D eigenvalue weighted by Gasteiger charge is -2.21. The zero-order valence-electron chi connectivity index (χ0n) is 11.1. The van der Waals surface area contributed by atoms with Crippen molar-refractivity contribution in [1.29, 1.82) is 0 Å². The summed E-state index contributed by atoms with van der Waals surface area (Å²) >= 11 is 0. The minimum atomic E-state index is -0.671. The number of hydrogen-bond acceptors (Lipinski definition) is 3. The summed E-state index contributed by atoms with van der Waals surface area (Å²) in [6.07, 6.45) is 0.556. The molecule has 0 radical (unpaired) electrons. The Balaban J connectivity index is 2.20. The summed E-state index contributed by atoms with van der Waals surface area (Å²) in [6.45, 7) is 4.38. The number of phenols is 1. The van der Waals surface area contributed by atoms with Crippen LogP contribution < -0.4 is 5.73 Å². The number of nitrogens with two attached hydrogens (primary N) is 1. The molecule has 1 saturated heterocycles.